The number of nitriles is 2. The molecular formula is C38H26N4O2Se4. The van der Waals surface area contributed by atoms with Crippen LogP contribution in [0.1, 0.15) is 31.8 Å². The van der Waals surface area contributed by atoms with Gasteiger partial charge in [-0.05, 0) is 0 Å². The third kappa shape index (κ3) is 7.44. The summed E-state index contributed by atoms with van der Waals surface area (Å²) in [4.78, 5) is 30.4. The molecule has 0 fully saturated rings. The van der Waals surface area contributed by atoms with Crippen molar-refractivity contribution in [1.82, 2.24) is 0 Å². The fourth-order valence-electron chi connectivity index (χ4n) is 4.81. The van der Waals surface area contributed by atoms with Gasteiger partial charge in [-0.1, -0.05) is 0 Å². The number of carbonyl (C=O) groups excluding carboxylic acids is 2. The van der Waals surface area contributed by atoms with Gasteiger partial charge in [0.25, 0.3) is 0 Å². The van der Waals surface area contributed by atoms with Crippen LogP contribution in [0.15, 0.2) is 121 Å². The van der Waals surface area contributed by atoms with Gasteiger partial charge in [0, 0.05) is 0 Å². The van der Waals surface area contributed by atoms with Gasteiger partial charge in [-0.15, -0.1) is 0 Å². The Labute approximate surface area is 302 Å². The Bertz CT molecular complexity index is 2010. The first-order valence-corrected chi connectivity index (χ1v) is 24.1. The Balaban J connectivity index is 1.36. The van der Waals surface area contributed by atoms with Crippen LogP contribution in [0, 0.1) is 22.7 Å². The van der Waals surface area contributed by atoms with E-state index in [0.29, 0.717) is 22.3 Å². The second kappa shape index (κ2) is 15.4. The summed E-state index contributed by atoms with van der Waals surface area (Å²) in [5.74, 6) is -0.0738. The molecule has 0 atom stereocenters. The van der Waals surface area contributed by atoms with E-state index < -0.39 is 0 Å². The fraction of sp³-hybridized carbons (Fsp3) is 0.0526. The van der Waals surface area contributed by atoms with Gasteiger partial charge < -0.3 is 0 Å². The topological polar surface area (TPSA) is 88.2 Å². The van der Waals surface area contributed by atoms with Crippen LogP contribution >= 0.6 is 0 Å². The molecule has 0 saturated carbocycles. The van der Waals surface area contributed by atoms with Gasteiger partial charge in [0.15, 0.2) is 0 Å². The van der Waals surface area contributed by atoms with Crippen molar-refractivity contribution in [2.24, 2.45) is 0 Å². The normalized spacial score (nSPS) is 10.6. The second-order valence-electron chi connectivity index (χ2n) is 10.6. The molecule has 0 bridgehead atoms. The van der Waals surface area contributed by atoms with Crippen molar-refractivity contribution in [3.63, 3.8) is 0 Å². The molecule has 10 heteroatoms. The molecule has 0 aliphatic heterocycles. The van der Waals surface area contributed by atoms with Gasteiger partial charge in [-0.3, -0.25) is 0 Å². The molecule has 2 heterocycles. The van der Waals surface area contributed by atoms with Gasteiger partial charge in [-0.2, -0.15) is 0 Å². The third-order valence-electron chi connectivity index (χ3n) is 7.46. The van der Waals surface area contributed by atoms with Crippen molar-refractivity contribution in [1.29, 1.82) is 10.5 Å². The summed E-state index contributed by atoms with van der Waals surface area (Å²) in [5.41, 5.74) is 4.68. The molecule has 0 radical (unpaired) electrons. The summed E-state index contributed by atoms with van der Waals surface area (Å²) >= 11 is -0.0806. The molecule has 6 aromatic rings. The summed E-state index contributed by atoms with van der Waals surface area (Å²) in [7, 11) is 3.69. The average Bonchev–Trinajstić information content (AvgIpc) is 3.78. The van der Waals surface area contributed by atoms with Gasteiger partial charge in [-0.25, -0.2) is 0 Å². The second-order valence-corrected chi connectivity index (χ2v) is 21.1. The van der Waals surface area contributed by atoms with Crippen molar-refractivity contribution < 1.29 is 9.59 Å². The monoisotopic (exact) mass is 890 g/mol. The van der Waals surface area contributed by atoms with Crippen LogP contribution in [0.3, 0.4) is 0 Å². The molecule has 4 aromatic carbocycles. The number of rotatable bonds is 9. The standard InChI is InChI=1S/C38H26N4O2Se4/c1-41(37(43)29-9-5-3-6-10-29)33-21-31(35(45-33)27-17-13-25(23-39)14-18-27)47-48-32-22-34(42(2)38(44)30-11-7-4-8-12-30)46-36(32)28-19-15-26(24-40)16-20-28/h3-22H,1-2H3. The Hall–Kier alpha value is -4.16. The summed E-state index contributed by atoms with van der Waals surface area (Å²) in [5, 5.41) is 18.8. The molecule has 0 N–H and O–H groups in total. The SMILES string of the molecule is CN(C(=O)c1ccccc1)c1cc([Se][Se]c2cc(N(C)C(=O)c3ccccc3)[se]c2-c2ccc(C#N)cc2)c(-c2ccc(C#N)cc2)[se]1. The van der Waals surface area contributed by atoms with E-state index in [1.54, 1.807) is 9.80 Å². The zero-order chi connectivity index (χ0) is 33.6. The summed E-state index contributed by atoms with van der Waals surface area (Å²) in [6.45, 7) is 0. The predicted molar refractivity (Wildman–Crippen MR) is 196 cm³/mol. The van der Waals surface area contributed by atoms with Crippen molar-refractivity contribution in [3.05, 3.63) is 144 Å². The average molecular weight is 886 g/mol. The molecule has 0 aliphatic carbocycles. The van der Waals surface area contributed by atoms with E-state index in [2.05, 4.69) is 24.3 Å². The minimum atomic E-state index is -0.103. The Morgan fingerprint density at radius 1 is 0.562 bits per heavy atom. The molecule has 234 valence electrons. The molecule has 6 nitrogen and oxygen atoms in total. The van der Waals surface area contributed by atoms with Crippen LogP contribution in [0.25, 0.3) is 20.0 Å². The summed E-state index contributed by atoms with van der Waals surface area (Å²) in [6, 6.07) is 43.0. The first kappa shape index (κ1) is 33.7. The summed E-state index contributed by atoms with van der Waals surface area (Å²) < 4.78 is 6.99. The van der Waals surface area contributed by atoms with Crippen LogP contribution in [-0.4, -0.2) is 81.2 Å². The van der Waals surface area contributed by atoms with E-state index >= 15 is 0 Å². The van der Waals surface area contributed by atoms with Crippen LogP contribution < -0.4 is 18.7 Å². The first-order valence-electron chi connectivity index (χ1n) is 14.7. The van der Waals surface area contributed by atoms with E-state index in [9.17, 15) is 20.1 Å². The van der Waals surface area contributed by atoms with Crippen molar-refractivity contribution >= 4 is 85.1 Å². The van der Waals surface area contributed by atoms with Gasteiger partial charge >= 0.3 is 305 Å². The molecule has 2 amide bonds. The minimum absolute atomic E-state index is 0.0369. The van der Waals surface area contributed by atoms with E-state index in [1.807, 2.05) is 123 Å². The van der Waals surface area contributed by atoms with Crippen LogP contribution in [0.2, 0.25) is 0 Å². The molecule has 0 unspecified atom stereocenters. The van der Waals surface area contributed by atoms with Crippen LogP contribution in [-0.2, 0) is 0 Å². The number of hydrogen-bond acceptors (Lipinski definition) is 4. The number of nitrogens with zero attached hydrogens (tertiary/aromatic N) is 4. The van der Waals surface area contributed by atoms with Gasteiger partial charge in [0.2, 0.25) is 0 Å². The van der Waals surface area contributed by atoms with E-state index in [4.69, 9.17) is 0 Å². The maximum atomic E-state index is 13.4. The quantitative estimate of drug-likeness (QED) is 0.197. The third-order valence-corrected chi connectivity index (χ3v) is 21.2. The number of amides is 2. The molecular weight excluding hydrogens is 860 g/mol. The number of anilines is 2. The van der Waals surface area contributed by atoms with Crippen molar-refractivity contribution in [3.8, 4) is 32.1 Å². The Morgan fingerprint density at radius 3 is 1.25 bits per heavy atom. The van der Waals surface area contributed by atoms with E-state index in [-0.39, 0.29) is 67.1 Å². The predicted octanol–water partition coefficient (Wildman–Crippen LogP) is 4.71. The number of carbonyl (C=O) groups is 2. The van der Waals surface area contributed by atoms with Crippen LogP contribution in [0.5, 0.6) is 0 Å². The molecule has 0 aliphatic rings. The molecule has 48 heavy (non-hydrogen) atoms. The zero-order valence-corrected chi connectivity index (χ0v) is 32.6. The summed E-state index contributed by atoms with van der Waals surface area (Å²) in [6.07, 6.45) is 0. The molecule has 2 aromatic heterocycles. The maximum absolute atomic E-state index is 13.4. The molecule has 0 spiro atoms. The fourth-order valence-corrected chi connectivity index (χ4v) is 21.1. The Morgan fingerprint density at radius 2 is 0.917 bits per heavy atom. The first-order chi connectivity index (χ1) is 23.4. The van der Waals surface area contributed by atoms with E-state index in [1.165, 1.54) is 17.8 Å². The Kier molecular flexibility index (Phi) is 10.8. The van der Waals surface area contributed by atoms with Gasteiger partial charge in [0.05, 0.1) is 0 Å². The molecule has 0 saturated heterocycles. The van der Waals surface area contributed by atoms with E-state index in [0.717, 1.165) is 20.2 Å². The molecule has 6 rings (SSSR count). The van der Waals surface area contributed by atoms with Crippen LogP contribution in [0.4, 0.5) is 9.12 Å². The van der Waals surface area contributed by atoms with Crippen molar-refractivity contribution in [2.75, 3.05) is 23.9 Å². The van der Waals surface area contributed by atoms with Gasteiger partial charge in [0.1, 0.15) is 0 Å². The van der Waals surface area contributed by atoms with Crippen molar-refractivity contribution in [2.45, 2.75) is 0 Å². The number of benzene rings is 4. The zero-order valence-electron chi connectivity index (χ0n) is 25.8. The number of hydrogen-bond donors (Lipinski definition) is 0.